The molecule has 0 saturated carbocycles. The number of hydrogen-bond acceptors (Lipinski definition) is 6. The molecule has 1 aliphatic rings. The van der Waals surface area contributed by atoms with Crippen LogP contribution in [0.25, 0.3) is 0 Å². The highest BCUT2D eigenvalue weighted by Crippen LogP contribution is 2.22. The first-order valence-electron chi connectivity index (χ1n) is 6.63. The predicted molar refractivity (Wildman–Crippen MR) is 79.7 cm³/mol. The van der Waals surface area contributed by atoms with Gasteiger partial charge in [0.15, 0.2) is 0 Å². The zero-order chi connectivity index (χ0) is 15.2. The maximum Gasteiger partial charge on any atom is 0.236 e. The topological polar surface area (TPSA) is 111 Å². The van der Waals surface area contributed by atoms with Crippen LogP contribution in [-0.4, -0.2) is 48.9 Å². The predicted octanol–water partition coefficient (Wildman–Crippen LogP) is -0.293. The zero-order valence-electron chi connectivity index (χ0n) is 11.5. The van der Waals surface area contributed by atoms with Crippen LogP contribution in [0.2, 0.25) is 0 Å². The van der Waals surface area contributed by atoms with Crippen LogP contribution < -0.4 is 16.4 Å². The van der Waals surface area contributed by atoms with E-state index in [9.17, 15) is 9.59 Å². The van der Waals surface area contributed by atoms with Gasteiger partial charge in [-0.05, 0) is 11.4 Å². The lowest BCUT2D eigenvalue weighted by Crippen LogP contribution is -2.57. The average molecular weight is 307 g/mol. The summed E-state index contributed by atoms with van der Waals surface area (Å²) < 4.78 is 0. The Bertz CT molecular complexity index is 565. The van der Waals surface area contributed by atoms with Gasteiger partial charge in [0.1, 0.15) is 17.1 Å². The normalized spacial score (nSPS) is 18.9. The number of primary amides is 1. The summed E-state index contributed by atoms with van der Waals surface area (Å²) in [5.74, 6) is -0.552. The number of carbonyl (C=O) groups is 2. The van der Waals surface area contributed by atoms with Crippen molar-refractivity contribution in [3.63, 3.8) is 0 Å². The number of nitrogens with two attached hydrogens (primary N) is 1. The van der Waals surface area contributed by atoms with Crippen LogP contribution in [0.5, 0.6) is 0 Å². The van der Waals surface area contributed by atoms with Crippen molar-refractivity contribution in [2.24, 2.45) is 5.73 Å². The molecule has 1 aromatic rings. The molecule has 1 atom stereocenters. The summed E-state index contributed by atoms with van der Waals surface area (Å²) in [5.41, 5.74) is 5.82. The van der Waals surface area contributed by atoms with Crippen molar-refractivity contribution in [2.45, 2.75) is 12.5 Å². The first kappa shape index (κ1) is 15.4. The number of piperazine rings is 1. The summed E-state index contributed by atoms with van der Waals surface area (Å²) in [6, 6.07) is 3.32. The molecule has 2 rings (SSSR count). The van der Waals surface area contributed by atoms with Gasteiger partial charge in [0.25, 0.3) is 0 Å². The highest BCUT2D eigenvalue weighted by molar-refractivity contribution is 7.14. The Morgan fingerprint density at radius 3 is 3.14 bits per heavy atom. The van der Waals surface area contributed by atoms with Crippen LogP contribution in [0, 0.1) is 11.3 Å². The smallest absolute Gasteiger partial charge is 0.236 e. The van der Waals surface area contributed by atoms with E-state index < -0.39 is 0 Å². The third-order valence-electron chi connectivity index (χ3n) is 3.35. The number of nitrogens with one attached hydrogen (secondary N) is 2. The van der Waals surface area contributed by atoms with Gasteiger partial charge in [-0.2, -0.15) is 5.26 Å². The zero-order valence-corrected chi connectivity index (χ0v) is 12.3. The van der Waals surface area contributed by atoms with E-state index >= 15 is 0 Å². The van der Waals surface area contributed by atoms with Crippen LogP contribution in [-0.2, 0) is 9.59 Å². The molecule has 7 nitrogen and oxygen atoms in total. The minimum Gasteiger partial charge on any atom is -0.368 e. The Morgan fingerprint density at radius 2 is 2.43 bits per heavy atom. The fourth-order valence-electron chi connectivity index (χ4n) is 2.22. The third-order valence-corrected chi connectivity index (χ3v) is 4.18. The molecule has 21 heavy (non-hydrogen) atoms. The summed E-state index contributed by atoms with van der Waals surface area (Å²) in [6.07, 6.45) is 0.256. The number of nitrogens with zero attached hydrogens (tertiary/aromatic N) is 2. The molecule has 1 unspecified atom stereocenters. The maximum absolute atomic E-state index is 11.9. The molecular formula is C13H17N5O2S. The summed E-state index contributed by atoms with van der Waals surface area (Å²) in [6.45, 7) is 2.44. The van der Waals surface area contributed by atoms with Crippen LogP contribution in [0.4, 0.5) is 5.00 Å². The quantitative estimate of drug-likeness (QED) is 0.692. The second-order valence-electron chi connectivity index (χ2n) is 4.73. The SMILES string of the molecule is N#Cc1ccsc1NC(=O)CCN1CCNCC1C(N)=O. The molecule has 1 saturated heterocycles. The Balaban J connectivity index is 1.86. The Kier molecular flexibility index (Phi) is 5.27. The standard InChI is InChI=1S/C13H17N5O2S/c14-7-9-2-6-21-13(9)17-11(19)1-4-18-5-3-16-8-10(18)12(15)20/h2,6,10,16H,1,3-5,8H2,(H2,15,20)(H,17,19). The van der Waals surface area contributed by atoms with Gasteiger partial charge in [0.2, 0.25) is 11.8 Å². The van der Waals surface area contributed by atoms with Gasteiger partial charge in [-0.25, -0.2) is 0 Å². The molecule has 1 fully saturated rings. The number of amides is 2. The van der Waals surface area contributed by atoms with Crippen LogP contribution >= 0.6 is 11.3 Å². The fraction of sp³-hybridized carbons (Fsp3) is 0.462. The molecule has 8 heteroatoms. The van der Waals surface area contributed by atoms with Gasteiger partial charge in [-0.15, -0.1) is 11.3 Å². The van der Waals surface area contributed by atoms with Gasteiger partial charge in [-0.1, -0.05) is 0 Å². The summed E-state index contributed by atoms with van der Waals surface area (Å²) >= 11 is 1.32. The first-order valence-corrected chi connectivity index (χ1v) is 7.51. The van der Waals surface area contributed by atoms with Crippen molar-refractivity contribution in [1.82, 2.24) is 10.2 Å². The van der Waals surface area contributed by atoms with Gasteiger partial charge >= 0.3 is 0 Å². The van der Waals surface area contributed by atoms with E-state index in [2.05, 4.69) is 10.6 Å². The molecule has 2 amide bonds. The minimum atomic E-state index is -0.382. The number of carbonyl (C=O) groups excluding carboxylic acids is 2. The molecule has 0 aliphatic carbocycles. The number of nitriles is 1. The van der Waals surface area contributed by atoms with Gasteiger partial charge < -0.3 is 16.4 Å². The highest BCUT2D eigenvalue weighted by atomic mass is 32.1. The molecule has 1 aliphatic heterocycles. The van der Waals surface area contributed by atoms with Gasteiger partial charge in [0.05, 0.1) is 5.56 Å². The lowest BCUT2D eigenvalue weighted by Gasteiger charge is -2.33. The van der Waals surface area contributed by atoms with Crippen LogP contribution in [0.15, 0.2) is 11.4 Å². The van der Waals surface area contributed by atoms with Crippen molar-refractivity contribution >= 4 is 28.2 Å². The summed E-state index contributed by atoms with van der Waals surface area (Å²) in [7, 11) is 0. The van der Waals surface area contributed by atoms with Gasteiger partial charge in [-0.3, -0.25) is 14.5 Å². The molecule has 0 radical (unpaired) electrons. The molecule has 0 spiro atoms. The Labute approximate surface area is 126 Å². The number of hydrogen-bond donors (Lipinski definition) is 3. The Hall–Kier alpha value is -1.95. The molecule has 2 heterocycles. The average Bonchev–Trinajstić information content (AvgIpc) is 2.92. The van der Waals surface area contributed by atoms with E-state index in [0.717, 1.165) is 6.54 Å². The molecule has 1 aromatic heterocycles. The number of anilines is 1. The third kappa shape index (κ3) is 4.01. The lowest BCUT2D eigenvalue weighted by molar-refractivity contribution is -0.125. The van der Waals surface area contributed by atoms with Crippen molar-refractivity contribution < 1.29 is 9.59 Å². The van der Waals surface area contributed by atoms with Crippen LogP contribution in [0.3, 0.4) is 0 Å². The summed E-state index contributed by atoms with van der Waals surface area (Å²) in [4.78, 5) is 25.2. The second-order valence-corrected chi connectivity index (χ2v) is 5.65. The van der Waals surface area contributed by atoms with E-state index in [0.29, 0.717) is 30.2 Å². The van der Waals surface area contributed by atoms with E-state index in [1.807, 2.05) is 11.0 Å². The minimum absolute atomic E-state index is 0.171. The maximum atomic E-state index is 11.9. The van der Waals surface area contributed by atoms with E-state index in [1.54, 1.807) is 11.4 Å². The number of thiophene rings is 1. The van der Waals surface area contributed by atoms with Crippen molar-refractivity contribution in [3.05, 3.63) is 17.0 Å². The van der Waals surface area contributed by atoms with E-state index in [-0.39, 0.29) is 24.3 Å². The highest BCUT2D eigenvalue weighted by Gasteiger charge is 2.26. The lowest BCUT2D eigenvalue weighted by atomic mass is 10.1. The Morgan fingerprint density at radius 1 is 1.62 bits per heavy atom. The molecule has 4 N–H and O–H groups in total. The van der Waals surface area contributed by atoms with Crippen molar-refractivity contribution in [1.29, 1.82) is 5.26 Å². The largest absolute Gasteiger partial charge is 0.368 e. The van der Waals surface area contributed by atoms with Crippen LogP contribution in [0.1, 0.15) is 12.0 Å². The summed E-state index contributed by atoms with van der Waals surface area (Å²) in [5, 5.41) is 17.0. The molecule has 0 bridgehead atoms. The monoisotopic (exact) mass is 307 g/mol. The second kappa shape index (κ2) is 7.17. The number of rotatable bonds is 5. The van der Waals surface area contributed by atoms with Gasteiger partial charge in [0, 0.05) is 32.6 Å². The first-order chi connectivity index (χ1) is 10.1. The molecule has 0 aromatic carbocycles. The van der Waals surface area contributed by atoms with Crippen molar-refractivity contribution in [2.75, 3.05) is 31.5 Å². The molecule has 112 valence electrons. The van der Waals surface area contributed by atoms with E-state index in [1.165, 1.54) is 11.3 Å². The van der Waals surface area contributed by atoms with Crippen molar-refractivity contribution in [3.8, 4) is 6.07 Å². The molecular weight excluding hydrogens is 290 g/mol. The van der Waals surface area contributed by atoms with E-state index in [4.69, 9.17) is 11.0 Å². The fourth-order valence-corrected chi connectivity index (χ4v) is 2.98.